The largest absolute Gasteiger partial charge is 0.408 e. The van der Waals surface area contributed by atoms with Crippen LogP contribution >= 0.6 is 11.8 Å². The molecule has 3 N–H and O–H groups in total. The van der Waals surface area contributed by atoms with Gasteiger partial charge < -0.3 is 10.2 Å². The quantitative estimate of drug-likeness (QED) is 0.613. The number of nitrogens with two attached hydrogens (primary N) is 1. The van der Waals surface area contributed by atoms with Crippen molar-refractivity contribution in [2.45, 2.75) is 11.8 Å². The van der Waals surface area contributed by atoms with E-state index in [2.05, 4.69) is 14.9 Å². The smallest absolute Gasteiger partial charge is 0.329 e. The zero-order chi connectivity index (χ0) is 14.6. The van der Waals surface area contributed by atoms with Crippen molar-refractivity contribution in [1.29, 1.82) is 0 Å². The van der Waals surface area contributed by atoms with Crippen molar-refractivity contribution in [3.8, 4) is 0 Å². The lowest BCUT2D eigenvalue weighted by molar-refractivity contribution is 0.534. The van der Waals surface area contributed by atoms with Crippen molar-refractivity contribution < 1.29 is 12.8 Å². The molecule has 0 spiro atoms. The molecule has 1 aromatic heterocycles. The number of thioether (sulfide) groups is 1. The Bertz CT molecular complexity index is 684. The first-order chi connectivity index (χ1) is 9.44. The minimum atomic E-state index is -3.50. The number of rotatable bonds is 6. The number of anilines is 2. The maximum Gasteiger partial charge on any atom is 0.329 e. The van der Waals surface area contributed by atoms with Gasteiger partial charge in [0.2, 0.25) is 15.9 Å². The number of nitrogens with one attached hydrogen (secondary N) is 1. The third-order valence-electron chi connectivity index (χ3n) is 2.25. The highest BCUT2D eigenvalue weighted by Crippen LogP contribution is 2.20. The molecule has 1 heterocycles. The summed E-state index contributed by atoms with van der Waals surface area (Å²) >= 11 is 1.41. The van der Waals surface area contributed by atoms with Gasteiger partial charge in [-0.3, -0.25) is 0 Å². The van der Waals surface area contributed by atoms with E-state index in [0.29, 0.717) is 17.3 Å². The Morgan fingerprint density at radius 2 is 2.20 bits per heavy atom. The summed E-state index contributed by atoms with van der Waals surface area (Å²) in [6.07, 6.45) is 0. The van der Waals surface area contributed by atoms with E-state index in [4.69, 9.17) is 10.2 Å². The van der Waals surface area contributed by atoms with Crippen molar-refractivity contribution in [1.82, 2.24) is 10.2 Å². The van der Waals surface area contributed by atoms with E-state index in [1.165, 1.54) is 11.8 Å². The molecule has 20 heavy (non-hydrogen) atoms. The number of hydrogen-bond acceptors (Lipinski definition) is 7. The molecule has 9 heteroatoms. The summed E-state index contributed by atoms with van der Waals surface area (Å²) in [7, 11) is -3.50. The Hall–Kier alpha value is -1.74. The molecule has 108 valence electrons. The standard InChI is InChI=1S/C11H14N4O3S2/c1-8-13-14-11(18-8)15-20(16,17)6-5-19-10-4-2-3-9(12)7-10/h2-4,7H,5-6,12H2,1H3,(H,14,15). The Balaban J connectivity index is 1.86. The summed E-state index contributed by atoms with van der Waals surface area (Å²) in [6, 6.07) is 7.16. The minimum Gasteiger partial charge on any atom is -0.408 e. The number of aromatic nitrogens is 2. The van der Waals surface area contributed by atoms with Gasteiger partial charge >= 0.3 is 6.01 Å². The van der Waals surface area contributed by atoms with Gasteiger partial charge in [-0.25, -0.2) is 13.1 Å². The molecule has 2 rings (SSSR count). The van der Waals surface area contributed by atoms with Crippen LogP contribution in [0.1, 0.15) is 5.89 Å². The lowest BCUT2D eigenvalue weighted by Gasteiger charge is -2.04. The number of hydrogen-bond donors (Lipinski definition) is 2. The van der Waals surface area contributed by atoms with E-state index in [1.807, 2.05) is 12.1 Å². The molecule has 0 saturated heterocycles. The fraction of sp³-hybridized carbons (Fsp3) is 0.273. The molecule has 0 saturated carbocycles. The Morgan fingerprint density at radius 1 is 1.40 bits per heavy atom. The second kappa shape index (κ2) is 6.14. The van der Waals surface area contributed by atoms with Gasteiger partial charge in [-0.1, -0.05) is 11.2 Å². The molecular weight excluding hydrogens is 300 g/mol. The van der Waals surface area contributed by atoms with Crippen LogP contribution in [0.3, 0.4) is 0 Å². The van der Waals surface area contributed by atoms with Crippen molar-refractivity contribution in [3.63, 3.8) is 0 Å². The summed E-state index contributed by atoms with van der Waals surface area (Å²) in [5.41, 5.74) is 6.30. The van der Waals surface area contributed by atoms with Gasteiger partial charge in [-0.15, -0.1) is 16.9 Å². The monoisotopic (exact) mass is 314 g/mol. The highest BCUT2D eigenvalue weighted by Gasteiger charge is 2.14. The first kappa shape index (κ1) is 14.7. The zero-order valence-electron chi connectivity index (χ0n) is 10.7. The highest BCUT2D eigenvalue weighted by molar-refractivity contribution is 8.01. The summed E-state index contributed by atoms with van der Waals surface area (Å²) in [5, 5.41) is 7.12. The van der Waals surface area contributed by atoms with E-state index < -0.39 is 10.0 Å². The average molecular weight is 314 g/mol. The molecule has 0 fully saturated rings. The molecule has 0 bridgehead atoms. The van der Waals surface area contributed by atoms with Crippen LogP contribution in [0.5, 0.6) is 0 Å². The van der Waals surface area contributed by atoms with E-state index >= 15 is 0 Å². The number of benzene rings is 1. The predicted molar refractivity (Wildman–Crippen MR) is 78.0 cm³/mol. The number of aryl methyl sites for hydroxylation is 1. The molecule has 7 nitrogen and oxygen atoms in total. The fourth-order valence-corrected chi connectivity index (χ4v) is 3.69. The Kier molecular flexibility index (Phi) is 4.50. The molecule has 0 aliphatic carbocycles. The van der Waals surface area contributed by atoms with Crippen LogP contribution in [0, 0.1) is 6.92 Å². The zero-order valence-corrected chi connectivity index (χ0v) is 12.4. The van der Waals surface area contributed by atoms with Gasteiger partial charge in [0.15, 0.2) is 0 Å². The summed E-state index contributed by atoms with van der Waals surface area (Å²) in [4.78, 5) is 0.925. The van der Waals surface area contributed by atoms with Gasteiger partial charge in [-0.05, 0) is 18.2 Å². The summed E-state index contributed by atoms with van der Waals surface area (Å²) < 4.78 is 30.8. The van der Waals surface area contributed by atoms with Crippen LogP contribution in [-0.4, -0.2) is 30.1 Å². The molecule has 0 aliphatic heterocycles. The predicted octanol–water partition coefficient (Wildman–Crippen LogP) is 1.49. The SMILES string of the molecule is Cc1nnc(NS(=O)(=O)CCSc2cccc(N)c2)o1. The van der Waals surface area contributed by atoms with Gasteiger partial charge in [0.25, 0.3) is 0 Å². The summed E-state index contributed by atoms with van der Waals surface area (Å²) in [6.45, 7) is 1.58. The second-order valence-corrected chi connectivity index (χ2v) is 6.98. The molecule has 0 amide bonds. The maximum atomic E-state index is 11.8. The molecule has 0 aliphatic rings. The molecule has 2 aromatic rings. The molecule has 0 atom stereocenters. The summed E-state index contributed by atoms with van der Waals surface area (Å²) in [5.74, 6) is 0.636. The molecule has 0 radical (unpaired) electrons. The topological polar surface area (TPSA) is 111 Å². The number of nitrogen functional groups attached to an aromatic ring is 1. The third-order valence-corrected chi connectivity index (χ3v) is 4.73. The first-order valence-corrected chi connectivity index (χ1v) is 8.37. The van der Waals surface area contributed by atoms with Gasteiger partial charge in [-0.2, -0.15) is 0 Å². The van der Waals surface area contributed by atoms with Crippen molar-refractivity contribution in [2.75, 3.05) is 22.0 Å². The highest BCUT2D eigenvalue weighted by atomic mass is 32.2. The minimum absolute atomic E-state index is 0.0616. The van der Waals surface area contributed by atoms with Crippen molar-refractivity contribution in [2.24, 2.45) is 0 Å². The van der Waals surface area contributed by atoms with Gasteiger partial charge in [0.05, 0.1) is 5.75 Å². The third kappa shape index (κ3) is 4.42. The van der Waals surface area contributed by atoms with Gasteiger partial charge in [0, 0.05) is 23.3 Å². The average Bonchev–Trinajstić information content (AvgIpc) is 2.73. The van der Waals surface area contributed by atoms with E-state index in [1.54, 1.807) is 19.1 Å². The van der Waals surface area contributed by atoms with E-state index in [0.717, 1.165) is 4.90 Å². The molecule has 1 aromatic carbocycles. The lowest BCUT2D eigenvalue weighted by Crippen LogP contribution is -2.18. The fourth-order valence-electron chi connectivity index (χ4n) is 1.40. The molecular formula is C11H14N4O3S2. The normalized spacial score (nSPS) is 11.4. The van der Waals surface area contributed by atoms with E-state index in [9.17, 15) is 8.42 Å². The van der Waals surface area contributed by atoms with Crippen LogP contribution in [-0.2, 0) is 10.0 Å². The maximum absolute atomic E-state index is 11.8. The lowest BCUT2D eigenvalue weighted by atomic mass is 10.3. The Morgan fingerprint density at radius 3 is 2.85 bits per heavy atom. The number of sulfonamides is 1. The van der Waals surface area contributed by atoms with Crippen LogP contribution < -0.4 is 10.5 Å². The van der Waals surface area contributed by atoms with Crippen LogP contribution in [0.2, 0.25) is 0 Å². The first-order valence-electron chi connectivity index (χ1n) is 5.73. The second-order valence-electron chi connectivity index (χ2n) is 3.97. The van der Waals surface area contributed by atoms with Crippen molar-refractivity contribution in [3.05, 3.63) is 30.2 Å². The Labute approximate surface area is 121 Å². The molecule has 0 unspecified atom stereocenters. The van der Waals surface area contributed by atoms with Crippen LogP contribution in [0.15, 0.2) is 33.6 Å². The van der Waals surface area contributed by atoms with Gasteiger partial charge in [0.1, 0.15) is 0 Å². The van der Waals surface area contributed by atoms with E-state index in [-0.39, 0.29) is 11.8 Å². The van der Waals surface area contributed by atoms with Crippen LogP contribution in [0.25, 0.3) is 0 Å². The van der Waals surface area contributed by atoms with Crippen molar-refractivity contribution >= 4 is 33.5 Å². The number of nitrogens with zero attached hydrogens (tertiary/aromatic N) is 2. The van der Waals surface area contributed by atoms with Crippen LogP contribution in [0.4, 0.5) is 11.7 Å².